The van der Waals surface area contributed by atoms with Gasteiger partial charge in [0.1, 0.15) is 5.69 Å². The van der Waals surface area contributed by atoms with Gasteiger partial charge in [-0.2, -0.15) is 0 Å². The molecule has 1 heterocycles. The van der Waals surface area contributed by atoms with Crippen molar-refractivity contribution in [1.82, 2.24) is 4.98 Å². The molecule has 0 fully saturated rings. The molecule has 102 valence electrons. The van der Waals surface area contributed by atoms with Crippen LogP contribution in [0.5, 0.6) is 0 Å². The molecular weight excluding hydrogens is 254 g/mol. The van der Waals surface area contributed by atoms with Crippen LogP contribution >= 0.6 is 0 Å². The second-order valence-electron chi connectivity index (χ2n) is 4.80. The lowest BCUT2D eigenvalue weighted by Crippen LogP contribution is -2.10. The number of hydrogen-bond acceptors (Lipinski definition) is 3. The van der Waals surface area contributed by atoms with E-state index in [0.717, 1.165) is 10.8 Å². The predicted octanol–water partition coefficient (Wildman–Crippen LogP) is 3.08. The number of aliphatic carboxylic acids is 1. The Bertz CT molecular complexity index is 696. The molecule has 0 unspecified atom stereocenters. The van der Waals surface area contributed by atoms with E-state index in [-0.39, 0.29) is 23.0 Å². The molecule has 0 saturated heterocycles. The summed E-state index contributed by atoms with van der Waals surface area (Å²) in [5.74, 6) is -1.69. The number of carboxylic acids is 1. The van der Waals surface area contributed by atoms with E-state index >= 15 is 0 Å². The largest absolute Gasteiger partial charge is 0.478 e. The summed E-state index contributed by atoms with van der Waals surface area (Å²) in [7, 11) is 0. The molecule has 1 N–H and O–H groups in total. The van der Waals surface area contributed by atoms with Crippen LogP contribution < -0.4 is 0 Å². The van der Waals surface area contributed by atoms with Crippen molar-refractivity contribution in [3.8, 4) is 0 Å². The molecule has 1 aromatic heterocycles. The number of carboxylic acid groups (broad SMARTS) is 1. The van der Waals surface area contributed by atoms with Gasteiger partial charge in [-0.1, -0.05) is 38.1 Å². The number of ketones is 1. The third kappa shape index (κ3) is 2.74. The first-order valence-corrected chi connectivity index (χ1v) is 6.33. The van der Waals surface area contributed by atoms with Crippen molar-refractivity contribution in [2.45, 2.75) is 13.8 Å². The van der Waals surface area contributed by atoms with Gasteiger partial charge < -0.3 is 5.11 Å². The van der Waals surface area contributed by atoms with Crippen LogP contribution in [0.1, 0.15) is 24.3 Å². The van der Waals surface area contributed by atoms with Gasteiger partial charge in [0.25, 0.3) is 0 Å². The Balaban J connectivity index is 2.52. The molecule has 0 amide bonds. The van der Waals surface area contributed by atoms with Crippen LogP contribution in [0.25, 0.3) is 10.8 Å². The van der Waals surface area contributed by atoms with Gasteiger partial charge >= 0.3 is 5.97 Å². The zero-order valence-corrected chi connectivity index (χ0v) is 11.3. The highest BCUT2D eigenvalue weighted by Gasteiger charge is 2.16. The Labute approximate surface area is 116 Å². The van der Waals surface area contributed by atoms with E-state index in [4.69, 9.17) is 5.11 Å². The van der Waals surface area contributed by atoms with E-state index < -0.39 is 5.97 Å². The van der Waals surface area contributed by atoms with Crippen LogP contribution in [-0.2, 0) is 4.79 Å². The van der Waals surface area contributed by atoms with Crippen LogP contribution in [-0.4, -0.2) is 21.8 Å². The fourth-order valence-corrected chi connectivity index (χ4v) is 2.00. The summed E-state index contributed by atoms with van der Waals surface area (Å²) >= 11 is 0. The first kappa shape index (κ1) is 13.9. The third-order valence-corrected chi connectivity index (χ3v) is 3.06. The number of carbonyl (C=O) groups excluding carboxylic acids is 1. The number of aromatic nitrogens is 1. The van der Waals surface area contributed by atoms with Crippen LogP contribution in [0.4, 0.5) is 0 Å². The van der Waals surface area contributed by atoms with Crippen molar-refractivity contribution < 1.29 is 14.7 Å². The molecule has 0 aliphatic carbocycles. The Hall–Kier alpha value is -2.49. The summed E-state index contributed by atoms with van der Waals surface area (Å²) < 4.78 is 0. The van der Waals surface area contributed by atoms with Gasteiger partial charge in [-0.25, -0.2) is 4.79 Å². The number of carbonyl (C=O) groups is 2. The highest BCUT2D eigenvalue weighted by molar-refractivity contribution is 6.14. The summed E-state index contributed by atoms with van der Waals surface area (Å²) in [5.41, 5.74) is 0.368. The summed E-state index contributed by atoms with van der Waals surface area (Å²) in [4.78, 5) is 27.5. The molecule has 0 atom stereocenters. The number of hydrogen-bond donors (Lipinski definition) is 1. The minimum absolute atomic E-state index is 0.0877. The number of allylic oxidation sites excluding steroid dienone is 1. The standard InChI is InChI=1S/C16H15NO3/c1-10(2)13(16(19)20)9-14(18)15-12-6-4-3-5-11(12)7-8-17-15/h3-10H,1-2H3,(H,19,20)/b13-9-. The minimum atomic E-state index is -1.08. The maximum atomic E-state index is 12.3. The SMILES string of the molecule is CC(C)/C(=C/C(=O)c1nccc2ccccc12)C(=O)O. The number of rotatable bonds is 4. The van der Waals surface area contributed by atoms with Crippen molar-refractivity contribution in [3.05, 3.63) is 53.9 Å². The summed E-state index contributed by atoms with van der Waals surface area (Å²) in [6, 6.07) is 9.21. The van der Waals surface area contributed by atoms with Crippen molar-refractivity contribution in [2.24, 2.45) is 5.92 Å². The van der Waals surface area contributed by atoms with Crippen LogP contribution in [0.2, 0.25) is 0 Å². The van der Waals surface area contributed by atoms with E-state index in [1.165, 1.54) is 6.08 Å². The third-order valence-electron chi connectivity index (χ3n) is 3.06. The molecule has 0 spiro atoms. The quantitative estimate of drug-likeness (QED) is 0.684. The topological polar surface area (TPSA) is 67.3 Å². The maximum Gasteiger partial charge on any atom is 0.331 e. The zero-order chi connectivity index (χ0) is 14.7. The maximum absolute atomic E-state index is 12.3. The summed E-state index contributed by atoms with van der Waals surface area (Å²) in [6.45, 7) is 3.48. The van der Waals surface area contributed by atoms with Gasteiger partial charge in [0, 0.05) is 17.2 Å². The molecule has 4 nitrogen and oxygen atoms in total. The van der Waals surface area contributed by atoms with Crippen LogP contribution in [0.15, 0.2) is 48.2 Å². The average molecular weight is 269 g/mol. The van der Waals surface area contributed by atoms with Gasteiger partial charge in [-0.15, -0.1) is 0 Å². The molecule has 1 aromatic carbocycles. The molecule has 0 aliphatic heterocycles. The Morgan fingerprint density at radius 1 is 1.20 bits per heavy atom. The highest BCUT2D eigenvalue weighted by Crippen LogP contribution is 2.18. The van der Waals surface area contributed by atoms with Crippen LogP contribution in [0.3, 0.4) is 0 Å². The zero-order valence-electron chi connectivity index (χ0n) is 11.3. The van der Waals surface area contributed by atoms with Gasteiger partial charge in [-0.3, -0.25) is 9.78 Å². The lowest BCUT2D eigenvalue weighted by Gasteiger charge is -2.06. The van der Waals surface area contributed by atoms with Crippen molar-refractivity contribution in [1.29, 1.82) is 0 Å². The summed E-state index contributed by atoms with van der Waals surface area (Å²) in [5, 5.41) is 10.7. The van der Waals surface area contributed by atoms with Gasteiger partial charge in [0.05, 0.1) is 0 Å². The van der Waals surface area contributed by atoms with Crippen molar-refractivity contribution >= 4 is 22.5 Å². The highest BCUT2D eigenvalue weighted by atomic mass is 16.4. The van der Waals surface area contributed by atoms with Gasteiger partial charge in [-0.05, 0) is 23.4 Å². The Kier molecular flexibility index (Phi) is 3.94. The van der Waals surface area contributed by atoms with Crippen LogP contribution in [0, 0.1) is 5.92 Å². The first-order valence-electron chi connectivity index (χ1n) is 6.33. The van der Waals surface area contributed by atoms with Crippen molar-refractivity contribution in [2.75, 3.05) is 0 Å². The van der Waals surface area contributed by atoms with E-state index in [1.54, 1.807) is 26.1 Å². The number of nitrogens with zero attached hydrogens (tertiary/aromatic N) is 1. The molecular formula is C16H15NO3. The number of pyridine rings is 1. The predicted molar refractivity (Wildman–Crippen MR) is 76.6 cm³/mol. The van der Waals surface area contributed by atoms with E-state index in [9.17, 15) is 9.59 Å². The molecule has 0 aliphatic rings. The number of fused-ring (bicyclic) bond motifs is 1. The fourth-order valence-electron chi connectivity index (χ4n) is 2.00. The smallest absolute Gasteiger partial charge is 0.331 e. The van der Waals surface area contributed by atoms with E-state index in [0.29, 0.717) is 0 Å². The molecule has 0 saturated carbocycles. The Morgan fingerprint density at radius 2 is 1.90 bits per heavy atom. The first-order chi connectivity index (χ1) is 9.50. The molecule has 0 bridgehead atoms. The summed E-state index contributed by atoms with van der Waals surface area (Å²) in [6.07, 6.45) is 2.72. The number of benzene rings is 1. The van der Waals surface area contributed by atoms with Gasteiger partial charge in [0.2, 0.25) is 5.78 Å². The Morgan fingerprint density at radius 3 is 2.55 bits per heavy atom. The fraction of sp³-hybridized carbons (Fsp3) is 0.188. The second-order valence-corrected chi connectivity index (χ2v) is 4.80. The average Bonchev–Trinajstić information content (AvgIpc) is 2.43. The lowest BCUT2D eigenvalue weighted by atomic mass is 10.00. The van der Waals surface area contributed by atoms with Crippen molar-refractivity contribution in [3.63, 3.8) is 0 Å². The van der Waals surface area contributed by atoms with E-state index in [2.05, 4.69) is 4.98 Å². The molecule has 2 rings (SSSR count). The molecule has 2 aromatic rings. The molecule has 0 radical (unpaired) electrons. The van der Waals surface area contributed by atoms with E-state index in [1.807, 2.05) is 24.3 Å². The van der Waals surface area contributed by atoms with Gasteiger partial charge in [0.15, 0.2) is 0 Å². The monoisotopic (exact) mass is 269 g/mol. The molecule has 4 heteroatoms. The second kappa shape index (κ2) is 5.65. The molecule has 20 heavy (non-hydrogen) atoms. The lowest BCUT2D eigenvalue weighted by molar-refractivity contribution is -0.133. The minimum Gasteiger partial charge on any atom is -0.478 e. The normalized spacial score (nSPS) is 11.8.